The lowest BCUT2D eigenvalue weighted by atomic mass is 10.2. The van der Waals surface area contributed by atoms with Crippen molar-refractivity contribution in [1.29, 1.82) is 0 Å². The van der Waals surface area contributed by atoms with Crippen molar-refractivity contribution in [2.24, 2.45) is 0 Å². The molecule has 3 aromatic rings. The maximum absolute atomic E-state index is 12.7. The van der Waals surface area contributed by atoms with Crippen LogP contribution in [0.25, 0.3) is 11.2 Å². The zero-order valence-electron chi connectivity index (χ0n) is 15.9. The fourth-order valence-electron chi connectivity index (χ4n) is 2.91. The molecule has 0 atom stereocenters. The topological polar surface area (TPSA) is 119 Å². The summed E-state index contributed by atoms with van der Waals surface area (Å²) in [7, 11) is 0. The number of carbonyl (C=O) groups is 1. The van der Waals surface area contributed by atoms with Gasteiger partial charge in [0.25, 0.3) is 5.91 Å². The molecule has 0 aliphatic heterocycles. The lowest BCUT2D eigenvalue weighted by Crippen LogP contribution is -2.33. The molecule has 146 valence electrons. The lowest BCUT2D eigenvalue weighted by Gasteiger charge is -2.08. The standard InChI is InChI=1S/C18H21N7O2S/c1-10-6-19-13-14(16(26)20-8-18(27)4-5-18)24-25(15(13)23-10)7-12-11(2)17(28-3)22-9-21-12/h6,9,27H,4-5,7-8H2,1-3H3,(H,20,26). The number of amides is 1. The van der Waals surface area contributed by atoms with Crippen LogP contribution in [0.2, 0.25) is 0 Å². The Hall–Kier alpha value is -2.59. The molecule has 0 unspecified atom stereocenters. The number of hydrogen-bond donors (Lipinski definition) is 2. The van der Waals surface area contributed by atoms with E-state index < -0.39 is 5.60 Å². The minimum atomic E-state index is -0.775. The van der Waals surface area contributed by atoms with Gasteiger partial charge in [0.05, 0.1) is 23.5 Å². The monoisotopic (exact) mass is 399 g/mol. The van der Waals surface area contributed by atoms with Crippen molar-refractivity contribution >= 4 is 28.8 Å². The molecule has 0 spiro atoms. The number of aromatic nitrogens is 6. The zero-order valence-corrected chi connectivity index (χ0v) is 16.7. The quantitative estimate of drug-likeness (QED) is 0.470. The molecule has 0 bridgehead atoms. The van der Waals surface area contributed by atoms with Crippen molar-refractivity contribution in [2.75, 3.05) is 12.8 Å². The summed E-state index contributed by atoms with van der Waals surface area (Å²) in [5.41, 5.74) is 2.90. The number of rotatable bonds is 6. The van der Waals surface area contributed by atoms with Gasteiger partial charge in [0.2, 0.25) is 0 Å². The second-order valence-electron chi connectivity index (χ2n) is 7.05. The number of aryl methyl sites for hydroxylation is 1. The molecule has 10 heteroatoms. The Balaban J connectivity index is 1.70. The lowest BCUT2D eigenvalue weighted by molar-refractivity contribution is 0.0892. The Morgan fingerprint density at radius 1 is 1.32 bits per heavy atom. The van der Waals surface area contributed by atoms with E-state index in [-0.39, 0.29) is 18.1 Å². The van der Waals surface area contributed by atoms with Gasteiger partial charge in [-0.25, -0.2) is 24.6 Å². The van der Waals surface area contributed by atoms with Crippen LogP contribution < -0.4 is 5.32 Å². The minimum Gasteiger partial charge on any atom is -0.388 e. The second kappa shape index (κ2) is 7.10. The Kier molecular flexibility index (Phi) is 4.76. The highest BCUT2D eigenvalue weighted by molar-refractivity contribution is 7.98. The first-order valence-electron chi connectivity index (χ1n) is 8.95. The SMILES string of the molecule is CSc1ncnc(Cn2nc(C(=O)NCC3(O)CC3)c3ncc(C)nc32)c1C. The molecule has 2 N–H and O–H groups in total. The van der Waals surface area contributed by atoms with Gasteiger partial charge in [-0.3, -0.25) is 4.79 Å². The molecule has 3 heterocycles. The van der Waals surface area contributed by atoms with E-state index in [0.29, 0.717) is 30.6 Å². The van der Waals surface area contributed by atoms with Crippen LogP contribution in [0.3, 0.4) is 0 Å². The van der Waals surface area contributed by atoms with Gasteiger partial charge in [-0.2, -0.15) is 5.10 Å². The van der Waals surface area contributed by atoms with E-state index in [2.05, 4.69) is 30.4 Å². The highest BCUT2D eigenvalue weighted by Crippen LogP contribution is 2.34. The summed E-state index contributed by atoms with van der Waals surface area (Å²) in [5.74, 6) is -0.369. The van der Waals surface area contributed by atoms with Crippen LogP contribution in [0.5, 0.6) is 0 Å². The van der Waals surface area contributed by atoms with Crippen LogP contribution in [0, 0.1) is 13.8 Å². The summed E-state index contributed by atoms with van der Waals surface area (Å²) in [6.07, 6.45) is 6.51. The number of aliphatic hydroxyl groups is 1. The van der Waals surface area contributed by atoms with Crippen LogP contribution in [-0.2, 0) is 6.54 Å². The molecule has 1 fully saturated rings. The predicted molar refractivity (Wildman–Crippen MR) is 104 cm³/mol. The minimum absolute atomic E-state index is 0.198. The molecule has 3 aromatic heterocycles. The van der Waals surface area contributed by atoms with Crippen LogP contribution >= 0.6 is 11.8 Å². The fourth-order valence-corrected chi connectivity index (χ4v) is 3.49. The van der Waals surface area contributed by atoms with Crippen LogP contribution in [0.15, 0.2) is 17.6 Å². The number of nitrogens with zero attached hydrogens (tertiary/aromatic N) is 6. The average Bonchev–Trinajstić information content (AvgIpc) is 3.32. The fraction of sp³-hybridized carbons (Fsp3) is 0.444. The third-order valence-corrected chi connectivity index (χ3v) is 5.62. The Bertz CT molecular complexity index is 1060. The highest BCUT2D eigenvalue weighted by atomic mass is 32.2. The Labute approximate surface area is 166 Å². The molecule has 9 nitrogen and oxygen atoms in total. The van der Waals surface area contributed by atoms with Gasteiger partial charge in [-0.05, 0) is 32.9 Å². The van der Waals surface area contributed by atoms with E-state index in [0.717, 1.165) is 22.0 Å². The van der Waals surface area contributed by atoms with E-state index in [9.17, 15) is 9.90 Å². The van der Waals surface area contributed by atoms with Gasteiger partial charge in [-0.1, -0.05) is 0 Å². The van der Waals surface area contributed by atoms with E-state index in [1.807, 2.05) is 20.1 Å². The van der Waals surface area contributed by atoms with Crippen LogP contribution in [0.4, 0.5) is 0 Å². The second-order valence-corrected chi connectivity index (χ2v) is 7.85. The van der Waals surface area contributed by atoms with Crippen LogP contribution in [-0.4, -0.2) is 59.1 Å². The van der Waals surface area contributed by atoms with Gasteiger partial charge < -0.3 is 10.4 Å². The molecule has 1 amide bonds. The molecule has 0 radical (unpaired) electrons. The predicted octanol–water partition coefficient (Wildman–Crippen LogP) is 1.26. The third-order valence-electron chi connectivity index (χ3n) is 4.82. The van der Waals surface area contributed by atoms with Gasteiger partial charge in [-0.15, -0.1) is 11.8 Å². The Morgan fingerprint density at radius 2 is 2.11 bits per heavy atom. The first-order chi connectivity index (χ1) is 13.4. The van der Waals surface area contributed by atoms with E-state index in [1.165, 1.54) is 6.33 Å². The molecule has 4 rings (SSSR count). The highest BCUT2D eigenvalue weighted by Gasteiger charge is 2.40. The van der Waals surface area contributed by atoms with Crippen molar-refractivity contribution in [1.82, 2.24) is 35.0 Å². The molecule has 0 saturated heterocycles. The van der Waals surface area contributed by atoms with Gasteiger partial charge in [0, 0.05) is 18.3 Å². The maximum Gasteiger partial charge on any atom is 0.274 e. The summed E-state index contributed by atoms with van der Waals surface area (Å²) in [4.78, 5) is 30.2. The van der Waals surface area contributed by atoms with Crippen molar-refractivity contribution in [3.8, 4) is 0 Å². The van der Waals surface area contributed by atoms with Gasteiger partial charge in [0.15, 0.2) is 11.3 Å². The molecule has 0 aromatic carbocycles. The summed E-state index contributed by atoms with van der Waals surface area (Å²) in [6, 6.07) is 0. The molecule has 1 saturated carbocycles. The molecule has 1 aliphatic rings. The number of hydrogen-bond acceptors (Lipinski definition) is 8. The average molecular weight is 399 g/mol. The third kappa shape index (κ3) is 3.57. The van der Waals surface area contributed by atoms with Crippen molar-refractivity contribution in [3.05, 3.63) is 35.2 Å². The summed E-state index contributed by atoms with van der Waals surface area (Å²) in [5, 5.41) is 18.1. The molecule has 28 heavy (non-hydrogen) atoms. The van der Waals surface area contributed by atoms with E-state index >= 15 is 0 Å². The summed E-state index contributed by atoms with van der Waals surface area (Å²) < 4.78 is 1.65. The van der Waals surface area contributed by atoms with E-state index in [4.69, 9.17) is 0 Å². The largest absolute Gasteiger partial charge is 0.388 e. The smallest absolute Gasteiger partial charge is 0.274 e. The number of carbonyl (C=O) groups excluding carboxylic acids is 1. The zero-order chi connectivity index (χ0) is 19.9. The van der Waals surface area contributed by atoms with Gasteiger partial charge in [0.1, 0.15) is 16.9 Å². The number of thioether (sulfide) groups is 1. The summed E-state index contributed by atoms with van der Waals surface area (Å²) in [6.45, 7) is 4.37. The number of fused-ring (bicyclic) bond motifs is 1. The van der Waals surface area contributed by atoms with Crippen LogP contribution in [0.1, 0.15) is 40.3 Å². The molecular formula is C18H21N7O2S. The van der Waals surface area contributed by atoms with E-state index in [1.54, 1.807) is 22.6 Å². The van der Waals surface area contributed by atoms with Crippen molar-refractivity contribution in [3.63, 3.8) is 0 Å². The van der Waals surface area contributed by atoms with Crippen molar-refractivity contribution < 1.29 is 9.90 Å². The Morgan fingerprint density at radius 3 is 2.82 bits per heavy atom. The molecule has 1 aliphatic carbocycles. The number of nitrogens with one attached hydrogen (secondary N) is 1. The van der Waals surface area contributed by atoms with Crippen molar-refractivity contribution in [2.45, 2.75) is 43.9 Å². The maximum atomic E-state index is 12.7. The van der Waals surface area contributed by atoms with Gasteiger partial charge >= 0.3 is 0 Å². The first-order valence-corrected chi connectivity index (χ1v) is 10.2. The summed E-state index contributed by atoms with van der Waals surface area (Å²) >= 11 is 1.55. The molecular weight excluding hydrogens is 378 g/mol. The normalized spacial score (nSPS) is 15.0. The first kappa shape index (κ1) is 18.8.